The summed E-state index contributed by atoms with van der Waals surface area (Å²) in [6.07, 6.45) is 0.820. The number of nitrogens with one attached hydrogen (secondary N) is 1. The highest BCUT2D eigenvalue weighted by atomic mass is 19.1. The van der Waals surface area contributed by atoms with Crippen LogP contribution in [0.5, 0.6) is 11.5 Å². The number of anilines is 1. The molecule has 0 aliphatic carbocycles. The molecule has 1 heterocycles. The van der Waals surface area contributed by atoms with Gasteiger partial charge in [0.25, 0.3) is 5.91 Å². The quantitative estimate of drug-likeness (QED) is 0.906. The van der Waals surface area contributed by atoms with Crippen molar-refractivity contribution < 1.29 is 18.7 Å². The highest BCUT2D eigenvalue weighted by Gasteiger charge is 2.25. The summed E-state index contributed by atoms with van der Waals surface area (Å²) in [6.45, 7) is 1.49. The van der Waals surface area contributed by atoms with Gasteiger partial charge in [0.05, 0.1) is 14.2 Å². The maximum Gasteiger partial charge on any atom is 0.251 e. The average molecular weight is 344 g/mol. The van der Waals surface area contributed by atoms with Crippen molar-refractivity contribution >= 4 is 11.6 Å². The van der Waals surface area contributed by atoms with Gasteiger partial charge in [-0.2, -0.15) is 0 Å². The Morgan fingerprint density at radius 3 is 2.52 bits per heavy atom. The van der Waals surface area contributed by atoms with Crippen LogP contribution >= 0.6 is 0 Å². The number of methoxy groups -OCH3 is 2. The van der Waals surface area contributed by atoms with E-state index in [2.05, 4.69) is 10.2 Å². The molecular formula is C19H21FN2O3. The fourth-order valence-corrected chi connectivity index (χ4v) is 2.99. The first-order valence-electron chi connectivity index (χ1n) is 8.13. The highest BCUT2D eigenvalue weighted by molar-refractivity contribution is 5.94. The van der Waals surface area contributed by atoms with Crippen LogP contribution in [0.2, 0.25) is 0 Å². The highest BCUT2D eigenvalue weighted by Crippen LogP contribution is 2.30. The van der Waals surface area contributed by atoms with Gasteiger partial charge in [-0.3, -0.25) is 4.79 Å². The molecule has 1 N–H and O–H groups in total. The second-order valence-corrected chi connectivity index (χ2v) is 5.99. The number of benzene rings is 2. The number of carbonyl (C=O) groups is 1. The van der Waals surface area contributed by atoms with Crippen LogP contribution in [0.1, 0.15) is 16.8 Å². The topological polar surface area (TPSA) is 50.8 Å². The molecule has 3 rings (SSSR count). The molecule has 5 nitrogen and oxygen atoms in total. The molecule has 0 saturated carbocycles. The second-order valence-electron chi connectivity index (χ2n) is 5.99. The van der Waals surface area contributed by atoms with Crippen molar-refractivity contribution in [2.24, 2.45) is 0 Å². The summed E-state index contributed by atoms with van der Waals surface area (Å²) in [6, 6.07) is 11.4. The van der Waals surface area contributed by atoms with Crippen molar-refractivity contribution in [2.75, 3.05) is 32.2 Å². The maximum atomic E-state index is 13.3. The van der Waals surface area contributed by atoms with E-state index in [0.29, 0.717) is 12.1 Å². The lowest BCUT2D eigenvalue weighted by atomic mass is 10.2. The predicted octanol–water partition coefficient (Wildman–Crippen LogP) is 2.85. The Labute approximate surface area is 146 Å². The summed E-state index contributed by atoms with van der Waals surface area (Å²) < 4.78 is 23.9. The van der Waals surface area contributed by atoms with Crippen LogP contribution in [0.15, 0.2) is 42.5 Å². The van der Waals surface area contributed by atoms with E-state index in [4.69, 9.17) is 9.47 Å². The van der Waals surface area contributed by atoms with E-state index < -0.39 is 5.82 Å². The van der Waals surface area contributed by atoms with Gasteiger partial charge < -0.3 is 19.7 Å². The SMILES string of the molecule is COc1cc(OC)cc(N2CCC(NC(=O)c3cccc(F)c3)C2)c1. The molecule has 0 bridgehead atoms. The third-order valence-corrected chi connectivity index (χ3v) is 4.31. The van der Waals surface area contributed by atoms with E-state index in [0.717, 1.165) is 30.2 Å². The zero-order valence-corrected chi connectivity index (χ0v) is 14.3. The summed E-state index contributed by atoms with van der Waals surface area (Å²) in [4.78, 5) is 14.4. The lowest BCUT2D eigenvalue weighted by Gasteiger charge is -2.20. The van der Waals surface area contributed by atoms with Gasteiger partial charge in [0, 0.05) is 48.6 Å². The van der Waals surface area contributed by atoms with Crippen LogP contribution in [0.25, 0.3) is 0 Å². The molecule has 132 valence electrons. The first-order chi connectivity index (χ1) is 12.1. The number of carbonyl (C=O) groups excluding carboxylic acids is 1. The average Bonchev–Trinajstić information content (AvgIpc) is 3.09. The molecule has 2 aromatic carbocycles. The molecule has 1 unspecified atom stereocenters. The third kappa shape index (κ3) is 4.02. The summed E-state index contributed by atoms with van der Waals surface area (Å²) in [5.41, 5.74) is 1.32. The van der Waals surface area contributed by atoms with Gasteiger partial charge in [-0.25, -0.2) is 4.39 Å². The normalized spacial score (nSPS) is 16.6. The van der Waals surface area contributed by atoms with Gasteiger partial charge >= 0.3 is 0 Å². The fraction of sp³-hybridized carbons (Fsp3) is 0.316. The molecule has 1 aliphatic rings. The molecule has 1 saturated heterocycles. The number of hydrogen-bond donors (Lipinski definition) is 1. The molecule has 2 aromatic rings. The summed E-state index contributed by atoms with van der Waals surface area (Å²) >= 11 is 0. The molecule has 1 atom stereocenters. The number of rotatable bonds is 5. The lowest BCUT2D eigenvalue weighted by Crippen LogP contribution is -2.37. The van der Waals surface area contributed by atoms with Crippen molar-refractivity contribution in [3.8, 4) is 11.5 Å². The Hall–Kier alpha value is -2.76. The summed E-state index contributed by atoms with van der Waals surface area (Å²) in [5, 5.41) is 2.97. The molecule has 1 fully saturated rings. The van der Waals surface area contributed by atoms with Crippen molar-refractivity contribution in [3.05, 3.63) is 53.8 Å². The van der Waals surface area contributed by atoms with Crippen LogP contribution in [0.3, 0.4) is 0 Å². The summed E-state index contributed by atoms with van der Waals surface area (Å²) in [7, 11) is 3.23. The molecule has 6 heteroatoms. The molecule has 0 spiro atoms. The monoisotopic (exact) mass is 344 g/mol. The van der Waals surface area contributed by atoms with Crippen LogP contribution in [0.4, 0.5) is 10.1 Å². The summed E-state index contributed by atoms with van der Waals surface area (Å²) in [5.74, 6) is 0.780. The van der Waals surface area contributed by atoms with E-state index in [-0.39, 0.29) is 11.9 Å². The van der Waals surface area contributed by atoms with Gasteiger partial charge in [0.15, 0.2) is 0 Å². The van der Waals surface area contributed by atoms with Gasteiger partial charge in [-0.1, -0.05) is 6.07 Å². The zero-order chi connectivity index (χ0) is 17.8. The molecule has 1 amide bonds. The second kappa shape index (κ2) is 7.42. The van der Waals surface area contributed by atoms with E-state index in [1.54, 1.807) is 20.3 Å². The standard InChI is InChI=1S/C19H21FN2O3/c1-24-17-9-16(10-18(11-17)25-2)22-7-6-15(12-22)21-19(23)13-4-3-5-14(20)8-13/h3-5,8-11,15H,6-7,12H2,1-2H3,(H,21,23). The Kier molecular flexibility index (Phi) is 5.07. The van der Waals surface area contributed by atoms with Crippen molar-refractivity contribution in [1.29, 1.82) is 0 Å². The van der Waals surface area contributed by atoms with E-state index in [1.807, 2.05) is 18.2 Å². The first-order valence-corrected chi connectivity index (χ1v) is 8.13. The van der Waals surface area contributed by atoms with Crippen LogP contribution < -0.4 is 19.7 Å². The molecule has 1 aliphatic heterocycles. The maximum absolute atomic E-state index is 13.3. The Bertz CT molecular complexity index is 744. The molecule has 0 aromatic heterocycles. The number of ether oxygens (including phenoxy) is 2. The lowest BCUT2D eigenvalue weighted by molar-refractivity contribution is 0.0940. The molecular weight excluding hydrogens is 323 g/mol. The number of nitrogens with zero attached hydrogens (tertiary/aromatic N) is 1. The van der Waals surface area contributed by atoms with Crippen molar-refractivity contribution in [1.82, 2.24) is 5.32 Å². The molecule has 25 heavy (non-hydrogen) atoms. The van der Waals surface area contributed by atoms with Crippen molar-refractivity contribution in [2.45, 2.75) is 12.5 Å². The Morgan fingerprint density at radius 1 is 1.16 bits per heavy atom. The minimum absolute atomic E-state index is 0.00737. The third-order valence-electron chi connectivity index (χ3n) is 4.31. The fourth-order valence-electron chi connectivity index (χ4n) is 2.99. The largest absolute Gasteiger partial charge is 0.497 e. The van der Waals surface area contributed by atoms with Gasteiger partial charge in [-0.05, 0) is 24.6 Å². The van der Waals surface area contributed by atoms with Gasteiger partial charge in [0.1, 0.15) is 17.3 Å². The predicted molar refractivity (Wildman–Crippen MR) is 94.0 cm³/mol. The van der Waals surface area contributed by atoms with Crippen LogP contribution in [-0.2, 0) is 0 Å². The zero-order valence-electron chi connectivity index (χ0n) is 14.3. The van der Waals surface area contributed by atoms with Crippen molar-refractivity contribution in [3.63, 3.8) is 0 Å². The Morgan fingerprint density at radius 2 is 1.88 bits per heavy atom. The Balaban J connectivity index is 1.66. The van der Waals surface area contributed by atoms with Gasteiger partial charge in [-0.15, -0.1) is 0 Å². The first kappa shape index (κ1) is 17.1. The van der Waals surface area contributed by atoms with E-state index in [1.165, 1.54) is 18.2 Å². The number of hydrogen-bond acceptors (Lipinski definition) is 4. The van der Waals surface area contributed by atoms with E-state index >= 15 is 0 Å². The minimum Gasteiger partial charge on any atom is -0.497 e. The number of amides is 1. The number of halogens is 1. The van der Waals surface area contributed by atoms with Gasteiger partial charge in [0.2, 0.25) is 0 Å². The molecule has 0 radical (unpaired) electrons. The minimum atomic E-state index is -0.413. The smallest absolute Gasteiger partial charge is 0.251 e. The van der Waals surface area contributed by atoms with Crippen LogP contribution in [-0.4, -0.2) is 39.3 Å². The van der Waals surface area contributed by atoms with E-state index in [9.17, 15) is 9.18 Å². The van der Waals surface area contributed by atoms with Crippen LogP contribution in [0, 0.1) is 5.82 Å².